The van der Waals surface area contributed by atoms with Gasteiger partial charge in [-0.1, -0.05) is 0 Å². The first-order chi connectivity index (χ1) is 4.57. The Kier molecular flexibility index (Phi) is 1.60. The third kappa shape index (κ3) is 0.862. The highest BCUT2D eigenvalue weighted by molar-refractivity contribution is 5.79. The largest absolute Gasteiger partial charge is 0.479 e. The summed E-state index contributed by atoms with van der Waals surface area (Å²) in [6.45, 7) is -0.660. The molecular weight excluding hydrogens is 144 g/mol. The number of carboxylic acids is 1. The summed E-state index contributed by atoms with van der Waals surface area (Å²) in [4.78, 5) is 10.1. The molecule has 2 unspecified atom stereocenters. The summed E-state index contributed by atoms with van der Waals surface area (Å²) in [5.74, 6) is -1.73. The van der Waals surface area contributed by atoms with Gasteiger partial charge in [-0.3, -0.25) is 0 Å². The first-order valence-electron chi connectivity index (χ1n) is 2.84. The molecule has 1 aliphatic rings. The molecule has 1 heterocycles. The standard InChI is InChI=1S/C5H7F2NO2/c6-3-1-8-2-5(3,7)4(9)10/h3,8H,1-2H2,(H,9,10). The minimum atomic E-state index is -2.71. The molecule has 1 aliphatic heterocycles. The summed E-state index contributed by atoms with van der Waals surface area (Å²) in [6, 6.07) is 0. The zero-order valence-corrected chi connectivity index (χ0v) is 5.10. The van der Waals surface area contributed by atoms with Crippen molar-refractivity contribution in [3.63, 3.8) is 0 Å². The van der Waals surface area contributed by atoms with E-state index in [9.17, 15) is 13.6 Å². The number of aliphatic carboxylic acids is 1. The molecule has 0 radical (unpaired) electrons. The fourth-order valence-electron chi connectivity index (χ4n) is 0.863. The molecule has 58 valence electrons. The Morgan fingerprint density at radius 3 is 2.60 bits per heavy atom. The Labute approximate surface area is 56.0 Å². The van der Waals surface area contributed by atoms with E-state index in [1.54, 1.807) is 0 Å². The van der Waals surface area contributed by atoms with Gasteiger partial charge in [-0.25, -0.2) is 13.6 Å². The van der Waals surface area contributed by atoms with E-state index in [1.807, 2.05) is 0 Å². The van der Waals surface area contributed by atoms with Crippen molar-refractivity contribution in [2.75, 3.05) is 13.1 Å². The lowest BCUT2D eigenvalue weighted by Gasteiger charge is -2.13. The Morgan fingerprint density at radius 2 is 2.40 bits per heavy atom. The zero-order valence-electron chi connectivity index (χ0n) is 5.10. The predicted octanol–water partition coefficient (Wildman–Crippen LogP) is -0.279. The van der Waals surface area contributed by atoms with Crippen LogP contribution in [0.4, 0.5) is 8.78 Å². The van der Waals surface area contributed by atoms with Crippen molar-refractivity contribution in [3.05, 3.63) is 0 Å². The highest BCUT2D eigenvalue weighted by Crippen LogP contribution is 2.23. The first kappa shape index (κ1) is 7.40. The van der Waals surface area contributed by atoms with Crippen molar-refractivity contribution >= 4 is 5.97 Å². The maximum Gasteiger partial charge on any atom is 0.345 e. The van der Waals surface area contributed by atoms with Crippen molar-refractivity contribution in [1.29, 1.82) is 0 Å². The molecule has 0 spiro atoms. The zero-order chi connectivity index (χ0) is 7.78. The van der Waals surface area contributed by atoms with Gasteiger partial charge in [0.05, 0.1) is 0 Å². The van der Waals surface area contributed by atoms with Crippen LogP contribution in [0.25, 0.3) is 0 Å². The normalized spacial score (nSPS) is 40.0. The minimum Gasteiger partial charge on any atom is -0.479 e. The first-order valence-corrected chi connectivity index (χ1v) is 2.84. The van der Waals surface area contributed by atoms with Gasteiger partial charge in [0.25, 0.3) is 5.67 Å². The Balaban J connectivity index is 2.75. The quantitative estimate of drug-likeness (QED) is 0.542. The summed E-state index contributed by atoms with van der Waals surface area (Å²) in [5, 5.41) is 10.5. The van der Waals surface area contributed by atoms with Crippen LogP contribution in [0.3, 0.4) is 0 Å². The average Bonchev–Trinajstić information content (AvgIpc) is 2.15. The van der Waals surface area contributed by atoms with E-state index in [-0.39, 0.29) is 6.54 Å². The topological polar surface area (TPSA) is 49.3 Å². The highest BCUT2D eigenvalue weighted by Gasteiger charge is 2.51. The fourth-order valence-corrected chi connectivity index (χ4v) is 0.863. The molecule has 0 aromatic heterocycles. The molecule has 1 fully saturated rings. The Bertz CT molecular complexity index is 164. The molecule has 0 aliphatic carbocycles. The molecule has 10 heavy (non-hydrogen) atoms. The van der Waals surface area contributed by atoms with Gasteiger partial charge in [0, 0.05) is 13.1 Å². The van der Waals surface area contributed by atoms with E-state index in [1.165, 1.54) is 0 Å². The lowest BCUT2D eigenvalue weighted by atomic mass is 10.1. The number of alkyl halides is 2. The average molecular weight is 151 g/mol. The maximum absolute atomic E-state index is 12.8. The molecule has 0 aromatic rings. The van der Waals surface area contributed by atoms with E-state index in [0.717, 1.165) is 0 Å². The molecular formula is C5H7F2NO2. The Morgan fingerprint density at radius 1 is 1.80 bits per heavy atom. The third-order valence-electron chi connectivity index (χ3n) is 1.56. The lowest BCUT2D eigenvalue weighted by molar-refractivity contribution is -0.152. The number of carbonyl (C=O) groups is 1. The number of halogens is 2. The fraction of sp³-hybridized carbons (Fsp3) is 0.800. The number of nitrogens with one attached hydrogen (secondary N) is 1. The molecule has 1 rings (SSSR count). The molecule has 0 saturated carbocycles. The molecule has 2 N–H and O–H groups in total. The maximum atomic E-state index is 12.8. The summed E-state index contributed by atoms with van der Waals surface area (Å²) in [6.07, 6.45) is -1.93. The third-order valence-corrected chi connectivity index (χ3v) is 1.56. The van der Waals surface area contributed by atoms with Gasteiger partial charge in [0.2, 0.25) is 0 Å². The van der Waals surface area contributed by atoms with Gasteiger partial charge >= 0.3 is 5.97 Å². The second-order valence-electron chi connectivity index (χ2n) is 2.27. The van der Waals surface area contributed by atoms with Crippen molar-refractivity contribution in [1.82, 2.24) is 5.32 Å². The summed E-state index contributed by atoms with van der Waals surface area (Å²) in [7, 11) is 0. The highest BCUT2D eigenvalue weighted by atomic mass is 19.2. The molecule has 1 saturated heterocycles. The molecule has 0 amide bonds. The van der Waals surface area contributed by atoms with Crippen LogP contribution in [0.2, 0.25) is 0 Å². The number of carboxylic acid groups (broad SMARTS) is 1. The smallest absolute Gasteiger partial charge is 0.345 e. The number of hydrogen-bond acceptors (Lipinski definition) is 2. The van der Waals surface area contributed by atoms with Crippen LogP contribution in [0.5, 0.6) is 0 Å². The second-order valence-corrected chi connectivity index (χ2v) is 2.27. The van der Waals surface area contributed by atoms with Crippen LogP contribution in [0, 0.1) is 0 Å². The minimum absolute atomic E-state index is 0.219. The predicted molar refractivity (Wildman–Crippen MR) is 29.2 cm³/mol. The van der Waals surface area contributed by atoms with Crippen LogP contribution in [-0.2, 0) is 4.79 Å². The summed E-state index contributed by atoms with van der Waals surface area (Å²) in [5.41, 5.74) is -2.71. The second kappa shape index (κ2) is 2.16. The van der Waals surface area contributed by atoms with Crippen molar-refractivity contribution in [2.45, 2.75) is 11.8 Å². The lowest BCUT2D eigenvalue weighted by Crippen LogP contribution is -2.42. The molecule has 2 atom stereocenters. The van der Waals surface area contributed by atoms with Crippen molar-refractivity contribution < 1.29 is 18.7 Å². The van der Waals surface area contributed by atoms with E-state index in [0.29, 0.717) is 0 Å². The van der Waals surface area contributed by atoms with Crippen LogP contribution < -0.4 is 5.32 Å². The van der Waals surface area contributed by atoms with Gasteiger partial charge in [-0.2, -0.15) is 0 Å². The van der Waals surface area contributed by atoms with Gasteiger partial charge in [-0.05, 0) is 0 Å². The van der Waals surface area contributed by atoms with Crippen LogP contribution in [-0.4, -0.2) is 36.0 Å². The van der Waals surface area contributed by atoms with Gasteiger partial charge in [0.15, 0.2) is 6.17 Å². The monoisotopic (exact) mass is 151 g/mol. The molecule has 5 heteroatoms. The number of rotatable bonds is 1. The SMILES string of the molecule is O=C(O)C1(F)CNCC1F. The van der Waals surface area contributed by atoms with Crippen LogP contribution in [0.15, 0.2) is 0 Å². The van der Waals surface area contributed by atoms with Gasteiger partial charge in [-0.15, -0.1) is 0 Å². The molecule has 3 nitrogen and oxygen atoms in total. The van der Waals surface area contributed by atoms with Crippen molar-refractivity contribution in [2.24, 2.45) is 0 Å². The van der Waals surface area contributed by atoms with E-state index in [2.05, 4.69) is 5.32 Å². The summed E-state index contributed by atoms with van der Waals surface area (Å²) < 4.78 is 25.2. The van der Waals surface area contributed by atoms with E-state index < -0.39 is 24.4 Å². The van der Waals surface area contributed by atoms with E-state index in [4.69, 9.17) is 5.11 Å². The Hall–Kier alpha value is -0.710. The van der Waals surface area contributed by atoms with Crippen LogP contribution >= 0.6 is 0 Å². The van der Waals surface area contributed by atoms with Crippen molar-refractivity contribution in [3.8, 4) is 0 Å². The van der Waals surface area contributed by atoms with E-state index >= 15 is 0 Å². The molecule has 0 bridgehead atoms. The van der Waals surface area contributed by atoms with Crippen LogP contribution in [0.1, 0.15) is 0 Å². The number of hydrogen-bond donors (Lipinski definition) is 2. The van der Waals surface area contributed by atoms with Gasteiger partial charge < -0.3 is 10.4 Å². The molecule has 0 aromatic carbocycles. The van der Waals surface area contributed by atoms with Gasteiger partial charge in [0.1, 0.15) is 0 Å². The summed E-state index contributed by atoms with van der Waals surface area (Å²) >= 11 is 0.